The third-order valence-corrected chi connectivity index (χ3v) is 2.72. The smallest absolute Gasteiger partial charge is 0.0132 e. The summed E-state index contributed by atoms with van der Waals surface area (Å²) in [7, 11) is 0. The van der Waals surface area contributed by atoms with E-state index < -0.39 is 0 Å². The first-order chi connectivity index (χ1) is 5.99. The Kier molecular flexibility index (Phi) is 6.06. The average Bonchev–Trinajstić information content (AvgIpc) is 2.01. The zero-order chi connectivity index (χ0) is 10.4. The first-order valence-corrected chi connectivity index (χ1v) is 5.36. The Bertz CT molecular complexity index is 149. The molecule has 0 bridgehead atoms. The first kappa shape index (κ1) is 12.7. The van der Waals surface area contributed by atoms with Crippen molar-refractivity contribution < 1.29 is 0 Å². The van der Waals surface area contributed by atoms with Crippen molar-refractivity contribution in [3.63, 3.8) is 0 Å². The molecule has 0 fully saturated rings. The molecule has 2 unspecified atom stereocenters. The van der Waals surface area contributed by atoms with Crippen LogP contribution in [0.4, 0.5) is 0 Å². The second-order valence-electron chi connectivity index (χ2n) is 4.43. The number of rotatable bonds is 6. The van der Waals surface area contributed by atoms with Crippen LogP contribution < -0.4 is 5.32 Å². The highest BCUT2D eigenvalue weighted by atomic mass is 14.9. The maximum atomic E-state index is 3.98. The molecule has 0 aromatic heterocycles. The molecule has 13 heavy (non-hydrogen) atoms. The minimum Gasteiger partial charge on any atom is -0.314 e. The summed E-state index contributed by atoms with van der Waals surface area (Å²) in [6.45, 7) is 16.2. The quantitative estimate of drug-likeness (QED) is 0.623. The second-order valence-corrected chi connectivity index (χ2v) is 4.43. The summed E-state index contributed by atoms with van der Waals surface area (Å²) in [6.07, 6.45) is 1.10. The molecule has 0 aromatic carbocycles. The lowest BCUT2D eigenvalue weighted by Gasteiger charge is -2.27. The van der Waals surface area contributed by atoms with E-state index in [0.29, 0.717) is 6.04 Å². The molecule has 0 amide bonds. The van der Waals surface area contributed by atoms with Gasteiger partial charge in [-0.1, -0.05) is 33.3 Å². The number of hydrogen-bond acceptors (Lipinski definition) is 1. The van der Waals surface area contributed by atoms with Crippen molar-refractivity contribution in [2.45, 2.75) is 47.1 Å². The van der Waals surface area contributed by atoms with Crippen LogP contribution in [0.1, 0.15) is 41.0 Å². The maximum Gasteiger partial charge on any atom is 0.0132 e. The average molecular weight is 183 g/mol. The Morgan fingerprint density at radius 3 is 2.15 bits per heavy atom. The highest BCUT2D eigenvalue weighted by Crippen LogP contribution is 2.19. The molecule has 0 saturated heterocycles. The molecule has 1 heteroatoms. The van der Waals surface area contributed by atoms with Crippen LogP contribution >= 0.6 is 0 Å². The van der Waals surface area contributed by atoms with Crippen molar-refractivity contribution in [3.8, 4) is 0 Å². The molecule has 78 valence electrons. The van der Waals surface area contributed by atoms with Crippen molar-refractivity contribution >= 4 is 0 Å². The van der Waals surface area contributed by atoms with Crippen LogP contribution in [0.15, 0.2) is 12.2 Å². The van der Waals surface area contributed by atoms with Crippen LogP contribution in [0, 0.1) is 11.8 Å². The van der Waals surface area contributed by atoms with E-state index in [1.807, 2.05) is 0 Å². The van der Waals surface area contributed by atoms with Gasteiger partial charge in [-0.05, 0) is 31.7 Å². The number of hydrogen-bond donors (Lipinski definition) is 1. The molecule has 0 aliphatic rings. The van der Waals surface area contributed by atoms with Crippen molar-refractivity contribution in [1.82, 2.24) is 5.32 Å². The molecule has 0 aliphatic heterocycles. The van der Waals surface area contributed by atoms with Gasteiger partial charge in [0.15, 0.2) is 0 Å². The topological polar surface area (TPSA) is 12.0 Å². The highest BCUT2D eigenvalue weighted by Gasteiger charge is 2.18. The van der Waals surface area contributed by atoms with Gasteiger partial charge in [-0.3, -0.25) is 0 Å². The Hall–Kier alpha value is -0.300. The lowest BCUT2D eigenvalue weighted by atomic mass is 9.87. The van der Waals surface area contributed by atoms with Crippen LogP contribution in [-0.2, 0) is 0 Å². The van der Waals surface area contributed by atoms with Crippen molar-refractivity contribution in [3.05, 3.63) is 12.2 Å². The van der Waals surface area contributed by atoms with Crippen molar-refractivity contribution in [2.24, 2.45) is 11.8 Å². The fraction of sp³-hybridized carbons (Fsp3) is 0.833. The molecule has 1 nitrogen and oxygen atoms in total. The highest BCUT2D eigenvalue weighted by molar-refractivity contribution is 4.94. The molecule has 0 aliphatic carbocycles. The van der Waals surface area contributed by atoms with Crippen LogP contribution in [-0.4, -0.2) is 12.6 Å². The van der Waals surface area contributed by atoms with Gasteiger partial charge in [-0.15, -0.1) is 6.58 Å². The molecule has 0 saturated carbocycles. The summed E-state index contributed by atoms with van der Waals surface area (Å²) in [6, 6.07) is 0.600. The van der Waals surface area contributed by atoms with E-state index in [1.54, 1.807) is 0 Å². The second kappa shape index (κ2) is 6.20. The fourth-order valence-corrected chi connectivity index (χ4v) is 1.55. The molecule has 0 heterocycles. The van der Waals surface area contributed by atoms with Crippen LogP contribution in [0.2, 0.25) is 0 Å². The van der Waals surface area contributed by atoms with Crippen molar-refractivity contribution in [1.29, 1.82) is 0 Å². The monoisotopic (exact) mass is 183 g/mol. The SMILES string of the molecule is C=C(C)CC(NCC)C(C)C(C)C. The molecule has 0 aromatic rings. The van der Waals surface area contributed by atoms with E-state index in [2.05, 4.69) is 46.5 Å². The summed E-state index contributed by atoms with van der Waals surface area (Å²) in [4.78, 5) is 0. The van der Waals surface area contributed by atoms with E-state index in [9.17, 15) is 0 Å². The summed E-state index contributed by atoms with van der Waals surface area (Å²) in [5, 5.41) is 3.53. The fourth-order valence-electron chi connectivity index (χ4n) is 1.55. The Morgan fingerprint density at radius 1 is 1.31 bits per heavy atom. The maximum absolute atomic E-state index is 3.98. The van der Waals surface area contributed by atoms with E-state index in [-0.39, 0.29) is 0 Å². The van der Waals surface area contributed by atoms with Gasteiger partial charge in [0.2, 0.25) is 0 Å². The Labute approximate surface area is 83.6 Å². The molecule has 0 spiro atoms. The Balaban J connectivity index is 4.14. The minimum absolute atomic E-state index is 0.600. The molecule has 2 atom stereocenters. The largest absolute Gasteiger partial charge is 0.314 e. The van der Waals surface area contributed by atoms with Gasteiger partial charge in [0, 0.05) is 6.04 Å². The predicted octanol–water partition coefficient (Wildman–Crippen LogP) is 3.22. The zero-order valence-corrected chi connectivity index (χ0v) is 9.85. The van der Waals surface area contributed by atoms with Gasteiger partial charge in [0.05, 0.1) is 0 Å². The third kappa shape index (κ3) is 5.09. The normalized spacial score (nSPS) is 15.8. The van der Waals surface area contributed by atoms with Crippen LogP contribution in [0.5, 0.6) is 0 Å². The van der Waals surface area contributed by atoms with Crippen LogP contribution in [0.3, 0.4) is 0 Å². The summed E-state index contributed by atoms with van der Waals surface area (Å²) >= 11 is 0. The van der Waals surface area contributed by atoms with E-state index >= 15 is 0 Å². The summed E-state index contributed by atoms with van der Waals surface area (Å²) < 4.78 is 0. The number of nitrogens with one attached hydrogen (secondary N) is 1. The van der Waals surface area contributed by atoms with Crippen molar-refractivity contribution in [2.75, 3.05) is 6.54 Å². The first-order valence-electron chi connectivity index (χ1n) is 5.36. The molecule has 1 N–H and O–H groups in total. The van der Waals surface area contributed by atoms with Gasteiger partial charge < -0.3 is 5.32 Å². The molecular weight excluding hydrogens is 158 g/mol. The lowest BCUT2D eigenvalue weighted by Crippen LogP contribution is -2.37. The van der Waals surface area contributed by atoms with Gasteiger partial charge in [0.25, 0.3) is 0 Å². The lowest BCUT2D eigenvalue weighted by molar-refractivity contribution is 0.300. The molecule has 0 rings (SSSR count). The minimum atomic E-state index is 0.600. The predicted molar refractivity (Wildman–Crippen MR) is 60.9 cm³/mol. The van der Waals surface area contributed by atoms with Gasteiger partial charge >= 0.3 is 0 Å². The summed E-state index contributed by atoms with van der Waals surface area (Å²) in [5.41, 5.74) is 1.28. The third-order valence-electron chi connectivity index (χ3n) is 2.72. The van der Waals surface area contributed by atoms with Gasteiger partial charge in [0.1, 0.15) is 0 Å². The van der Waals surface area contributed by atoms with Crippen LogP contribution in [0.25, 0.3) is 0 Å². The zero-order valence-electron chi connectivity index (χ0n) is 9.85. The molecule has 0 radical (unpaired) electrons. The standard InChI is InChI=1S/C12H25N/c1-7-13-12(8-9(2)3)11(6)10(4)5/h10-13H,2,7-8H2,1,3-6H3. The Morgan fingerprint density at radius 2 is 1.85 bits per heavy atom. The van der Waals surface area contributed by atoms with Gasteiger partial charge in [-0.2, -0.15) is 0 Å². The molecular formula is C12H25N. The van der Waals surface area contributed by atoms with E-state index in [0.717, 1.165) is 24.8 Å². The summed E-state index contributed by atoms with van der Waals surface area (Å²) in [5.74, 6) is 1.46. The van der Waals surface area contributed by atoms with E-state index in [4.69, 9.17) is 0 Å². The van der Waals surface area contributed by atoms with Gasteiger partial charge in [-0.25, -0.2) is 0 Å². The van der Waals surface area contributed by atoms with E-state index in [1.165, 1.54) is 5.57 Å².